The molecular formula is C22H36F3IN4O2. The van der Waals surface area contributed by atoms with Gasteiger partial charge in [-0.3, -0.25) is 4.99 Å². The van der Waals surface area contributed by atoms with Crippen LogP contribution >= 0.6 is 24.0 Å². The summed E-state index contributed by atoms with van der Waals surface area (Å²) in [6.07, 6.45) is -4.12. The van der Waals surface area contributed by atoms with Crippen molar-refractivity contribution in [3.8, 4) is 5.75 Å². The van der Waals surface area contributed by atoms with Gasteiger partial charge in [0.2, 0.25) is 0 Å². The maximum absolute atomic E-state index is 12.6. The molecule has 10 heteroatoms. The van der Waals surface area contributed by atoms with Gasteiger partial charge in [-0.1, -0.05) is 13.8 Å². The zero-order valence-corrected chi connectivity index (χ0v) is 21.4. The van der Waals surface area contributed by atoms with Crippen molar-refractivity contribution in [3.63, 3.8) is 0 Å². The van der Waals surface area contributed by atoms with Crippen LogP contribution in [-0.4, -0.2) is 79.4 Å². The third-order valence-corrected chi connectivity index (χ3v) is 5.41. The van der Waals surface area contributed by atoms with E-state index in [0.717, 1.165) is 63.8 Å². The first-order valence-electron chi connectivity index (χ1n) is 11.0. The maximum atomic E-state index is 12.6. The summed E-state index contributed by atoms with van der Waals surface area (Å²) in [6, 6.07) is 4.43. The number of hydrogen-bond donors (Lipinski definition) is 2. The van der Waals surface area contributed by atoms with Crippen LogP contribution in [0.25, 0.3) is 0 Å². The second-order valence-corrected chi connectivity index (χ2v) is 7.77. The lowest BCUT2D eigenvalue weighted by Gasteiger charge is -2.24. The number of nitrogens with one attached hydrogen (secondary N) is 1. The number of aliphatic hydroxyl groups is 1. The third-order valence-electron chi connectivity index (χ3n) is 5.41. The number of aliphatic hydroxyl groups excluding tert-OH is 1. The summed E-state index contributed by atoms with van der Waals surface area (Å²) in [5, 5.41) is 13.5. The number of guanidine groups is 1. The van der Waals surface area contributed by atoms with Crippen molar-refractivity contribution in [2.75, 3.05) is 52.4 Å². The van der Waals surface area contributed by atoms with E-state index in [9.17, 15) is 18.3 Å². The second kappa shape index (κ2) is 14.1. The summed E-state index contributed by atoms with van der Waals surface area (Å²) in [5.41, 5.74) is -0.731. The lowest BCUT2D eigenvalue weighted by Crippen LogP contribution is -2.41. The lowest BCUT2D eigenvalue weighted by molar-refractivity contribution is -0.137. The Morgan fingerprint density at radius 1 is 1.25 bits per heavy atom. The summed E-state index contributed by atoms with van der Waals surface area (Å²) >= 11 is 0. The average Bonchev–Trinajstić information content (AvgIpc) is 3.21. The monoisotopic (exact) mass is 572 g/mol. The summed E-state index contributed by atoms with van der Waals surface area (Å²) in [6.45, 7) is 12.2. The number of halogens is 4. The maximum Gasteiger partial charge on any atom is 0.416 e. The van der Waals surface area contributed by atoms with Gasteiger partial charge in [-0.05, 0) is 56.6 Å². The fourth-order valence-electron chi connectivity index (χ4n) is 3.62. The van der Waals surface area contributed by atoms with Crippen LogP contribution in [0.4, 0.5) is 13.2 Å². The molecule has 184 valence electrons. The largest absolute Gasteiger partial charge is 0.491 e. The van der Waals surface area contributed by atoms with Crippen LogP contribution in [0.15, 0.2) is 29.3 Å². The topological polar surface area (TPSA) is 60.3 Å². The molecule has 1 aliphatic heterocycles. The number of aliphatic imine (C=N–C) groups is 1. The smallest absolute Gasteiger partial charge is 0.416 e. The van der Waals surface area contributed by atoms with Gasteiger partial charge in [0.25, 0.3) is 0 Å². The molecule has 0 bridgehead atoms. The molecule has 0 aliphatic carbocycles. The molecule has 32 heavy (non-hydrogen) atoms. The van der Waals surface area contributed by atoms with Crippen molar-refractivity contribution >= 4 is 29.9 Å². The number of likely N-dealkylation sites (tertiary alicyclic amines) is 1. The van der Waals surface area contributed by atoms with Gasteiger partial charge in [-0.15, -0.1) is 24.0 Å². The number of rotatable bonds is 10. The molecule has 0 saturated carbocycles. The SMILES string of the molecule is CCNC(=NCC(O)COc1ccc(C(F)(F)F)cc1)N1CCC(CN(CC)CC)C1.I. The van der Waals surface area contributed by atoms with Gasteiger partial charge in [0.05, 0.1) is 12.1 Å². The van der Waals surface area contributed by atoms with Crippen molar-refractivity contribution in [2.24, 2.45) is 10.9 Å². The first kappa shape index (κ1) is 28.8. The van der Waals surface area contributed by atoms with Crippen LogP contribution in [0.5, 0.6) is 5.75 Å². The molecule has 1 aromatic carbocycles. The standard InChI is InChI=1S/C22H35F3N4O2.HI/c1-4-26-21(29-12-11-17(15-29)14-28(5-2)6-3)27-13-19(30)16-31-20-9-7-18(8-10-20)22(23,24)25;/h7-10,17,19,30H,4-6,11-16H2,1-3H3,(H,26,27);1H. The van der Waals surface area contributed by atoms with Crippen LogP contribution < -0.4 is 10.1 Å². The van der Waals surface area contributed by atoms with Crippen molar-refractivity contribution in [3.05, 3.63) is 29.8 Å². The second-order valence-electron chi connectivity index (χ2n) is 7.77. The normalized spacial score (nSPS) is 17.9. The summed E-state index contributed by atoms with van der Waals surface area (Å²) in [7, 11) is 0. The predicted molar refractivity (Wildman–Crippen MR) is 132 cm³/mol. The van der Waals surface area contributed by atoms with Gasteiger partial charge in [-0.25, -0.2) is 0 Å². The van der Waals surface area contributed by atoms with Gasteiger partial charge in [-0.2, -0.15) is 13.2 Å². The van der Waals surface area contributed by atoms with Crippen molar-refractivity contribution in [1.82, 2.24) is 15.1 Å². The van der Waals surface area contributed by atoms with Crippen LogP contribution in [0.3, 0.4) is 0 Å². The lowest BCUT2D eigenvalue weighted by atomic mass is 10.1. The van der Waals surface area contributed by atoms with E-state index < -0.39 is 17.8 Å². The molecule has 1 aromatic rings. The van der Waals surface area contributed by atoms with Crippen molar-refractivity contribution in [1.29, 1.82) is 0 Å². The highest BCUT2D eigenvalue weighted by Crippen LogP contribution is 2.30. The Kier molecular flexibility index (Phi) is 12.7. The molecule has 2 N–H and O–H groups in total. The van der Waals surface area contributed by atoms with E-state index >= 15 is 0 Å². The van der Waals surface area contributed by atoms with Crippen molar-refractivity contribution < 1.29 is 23.0 Å². The Morgan fingerprint density at radius 3 is 2.47 bits per heavy atom. The molecule has 0 spiro atoms. The zero-order chi connectivity index (χ0) is 22.9. The molecule has 1 aliphatic rings. The van der Waals surface area contributed by atoms with Gasteiger partial charge < -0.3 is 25.0 Å². The van der Waals surface area contributed by atoms with E-state index in [2.05, 4.69) is 34.0 Å². The number of benzene rings is 1. The molecular weight excluding hydrogens is 536 g/mol. The molecule has 0 aromatic heterocycles. The highest BCUT2D eigenvalue weighted by molar-refractivity contribution is 14.0. The molecule has 1 saturated heterocycles. The molecule has 2 unspecified atom stereocenters. The first-order valence-corrected chi connectivity index (χ1v) is 11.0. The van der Waals surface area contributed by atoms with E-state index in [1.807, 2.05) is 6.92 Å². The molecule has 1 fully saturated rings. The van der Waals surface area contributed by atoms with Gasteiger partial charge >= 0.3 is 6.18 Å². The minimum atomic E-state index is -4.38. The van der Waals surface area contributed by atoms with Gasteiger partial charge in [0.1, 0.15) is 18.5 Å². The highest BCUT2D eigenvalue weighted by atomic mass is 127. The molecule has 1 heterocycles. The van der Waals surface area contributed by atoms with Crippen LogP contribution in [0.2, 0.25) is 0 Å². The predicted octanol–water partition coefficient (Wildman–Crippen LogP) is 3.69. The number of alkyl halides is 3. The van der Waals surface area contributed by atoms with E-state index in [-0.39, 0.29) is 42.9 Å². The van der Waals surface area contributed by atoms with Gasteiger partial charge in [0, 0.05) is 26.2 Å². The minimum absolute atomic E-state index is 0. The Labute approximate surface area is 206 Å². The van der Waals surface area contributed by atoms with Crippen LogP contribution in [-0.2, 0) is 6.18 Å². The van der Waals surface area contributed by atoms with E-state index in [1.54, 1.807) is 0 Å². The molecule has 0 radical (unpaired) electrons. The molecule has 2 atom stereocenters. The Balaban J connectivity index is 0.00000512. The van der Waals surface area contributed by atoms with Crippen LogP contribution in [0.1, 0.15) is 32.8 Å². The number of ether oxygens (including phenoxy) is 1. The highest BCUT2D eigenvalue weighted by Gasteiger charge is 2.30. The molecule has 0 amide bonds. The summed E-state index contributed by atoms with van der Waals surface area (Å²) in [4.78, 5) is 9.20. The quantitative estimate of drug-likeness (QED) is 0.255. The van der Waals surface area contributed by atoms with Gasteiger partial charge in [0.15, 0.2) is 5.96 Å². The fourth-order valence-corrected chi connectivity index (χ4v) is 3.62. The Hall–Kier alpha value is -1.27. The third kappa shape index (κ3) is 9.30. The Bertz CT molecular complexity index is 685. The van der Waals surface area contributed by atoms with Crippen molar-refractivity contribution in [2.45, 2.75) is 39.5 Å². The Morgan fingerprint density at radius 2 is 1.91 bits per heavy atom. The van der Waals surface area contributed by atoms with Crippen LogP contribution in [0, 0.1) is 5.92 Å². The summed E-state index contributed by atoms with van der Waals surface area (Å²) < 4.78 is 43.3. The van der Waals surface area contributed by atoms with E-state index in [4.69, 9.17) is 4.74 Å². The number of hydrogen-bond acceptors (Lipinski definition) is 4. The first-order chi connectivity index (χ1) is 14.8. The van der Waals surface area contributed by atoms with E-state index in [1.165, 1.54) is 12.1 Å². The number of nitrogens with zero attached hydrogens (tertiary/aromatic N) is 3. The summed E-state index contributed by atoms with van der Waals surface area (Å²) in [5.74, 6) is 1.65. The fraction of sp³-hybridized carbons (Fsp3) is 0.682. The van der Waals surface area contributed by atoms with E-state index in [0.29, 0.717) is 5.92 Å². The molecule has 6 nitrogen and oxygen atoms in total. The zero-order valence-electron chi connectivity index (χ0n) is 19.1. The average molecular weight is 572 g/mol. The minimum Gasteiger partial charge on any atom is -0.491 e. The molecule has 2 rings (SSSR count).